The van der Waals surface area contributed by atoms with Crippen molar-refractivity contribution in [1.29, 1.82) is 5.26 Å². The highest BCUT2D eigenvalue weighted by atomic mass is 19.4. The van der Waals surface area contributed by atoms with E-state index in [2.05, 4.69) is 16.0 Å². The van der Waals surface area contributed by atoms with E-state index in [1.54, 1.807) is 30.5 Å². The van der Waals surface area contributed by atoms with Crippen molar-refractivity contribution in [2.24, 2.45) is 0 Å². The predicted octanol–water partition coefficient (Wildman–Crippen LogP) is 5.25. The lowest BCUT2D eigenvalue weighted by atomic mass is 10.0. The van der Waals surface area contributed by atoms with Crippen molar-refractivity contribution >= 4 is 5.69 Å². The Hall–Kier alpha value is -3.37. The lowest BCUT2D eigenvalue weighted by Crippen LogP contribution is -2.37. The van der Waals surface area contributed by atoms with Crippen LogP contribution in [0.1, 0.15) is 28.7 Å². The molecule has 164 valence electrons. The van der Waals surface area contributed by atoms with Crippen molar-refractivity contribution in [1.82, 2.24) is 9.88 Å². The molecule has 1 atom stereocenters. The molecule has 4 rings (SSSR count). The van der Waals surface area contributed by atoms with Crippen LogP contribution in [0.2, 0.25) is 0 Å². The van der Waals surface area contributed by atoms with Crippen LogP contribution < -0.4 is 4.90 Å². The summed E-state index contributed by atoms with van der Waals surface area (Å²) >= 11 is 0. The lowest BCUT2D eigenvalue weighted by molar-refractivity contribution is -0.138. The summed E-state index contributed by atoms with van der Waals surface area (Å²) in [5, 5.41) is 9.11. The van der Waals surface area contributed by atoms with Gasteiger partial charge in [-0.15, -0.1) is 0 Å². The van der Waals surface area contributed by atoms with Gasteiger partial charge in [0.05, 0.1) is 17.2 Å². The van der Waals surface area contributed by atoms with Gasteiger partial charge < -0.3 is 4.90 Å². The molecular weight excluding hydrogens is 413 g/mol. The van der Waals surface area contributed by atoms with Crippen molar-refractivity contribution in [3.8, 4) is 6.07 Å². The second kappa shape index (κ2) is 9.41. The molecule has 32 heavy (non-hydrogen) atoms. The topological polar surface area (TPSA) is 43.2 Å². The van der Waals surface area contributed by atoms with Crippen LogP contribution in [0.15, 0.2) is 73.1 Å². The molecule has 1 saturated heterocycles. The van der Waals surface area contributed by atoms with E-state index in [1.807, 2.05) is 35.4 Å². The third kappa shape index (κ3) is 5.09. The Balaban J connectivity index is 1.60. The maximum Gasteiger partial charge on any atom is 0.416 e. The van der Waals surface area contributed by atoms with E-state index in [0.29, 0.717) is 5.56 Å². The Kier molecular flexibility index (Phi) is 6.42. The SMILES string of the molecule is N#Cc1ccc(N(Cc2ccccc2C(F)(F)F)C2CCN(Cc3cccnc3)C2)cc1. The van der Waals surface area contributed by atoms with Crippen LogP contribution in [0.5, 0.6) is 0 Å². The number of aromatic nitrogens is 1. The Morgan fingerprint density at radius 1 is 1.06 bits per heavy atom. The summed E-state index contributed by atoms with van der Waals surface area (Å²) in [4.78, 5) is 8.50. The molecule has 0 N–H and O–H groups in total. The normalized spacial score (nSPS) is 16.6. The Morgan fingerprint density at radius 2 is 1.84 bits per heavy atom. The maximum atomic E-state index is 13.6. The third-order valence-corrected chi connectivity index (χ3v) is 5.81. The van der Waals surface area contributed by atoms with Crippen LogP contribution in [0.3, 0.4) is 0 Å². The Bertz CT molecular complexity index is 1070. The van der Waals surface area contributed by atoms with Crippen molar-refractivity contribution in [2.45, 2.75) is 31.7 Å². The Labute approximate surface area is 185 Å². The van der Waals surface area contributed by atoms with Gasteiger partial charge in [0.2, 0.25) is 0 Å². The molecule has 2 aromatic carbocycles. The van der Waals surface area contributed by atoms with Crippen molar-refractivity contribution in [3.63, 3.8) is 0 Å². The molecule has 1 aliphatic heterocycles. The fourth-order valence-corrected chi connectivity index (χ4v) is 4.24. The van der Waals surface area contributed by atoms with Crippen LogP contribution in [0.4, 0.5) is 18.9 Å². The number of alkyl halides is 3. The summed E-state index contributed by atoms with van der Waals surface area (Å²) in [7, 11) is 0. The number of likely N-dealkylation sites (tertiary alicyclic amines) is 1. The molecule has 2 heterocycles. The van der Waals surface area contributed by atoms with E-state index in [0.717, 1.165) is 43.4 Å². The van der Waals surface area contributed by atoms with Gasteiger partial charge in [0.15, 0.2) is 0 Å². The number of hydrogen-bond donors (Lipinski definition) is 0. The molecule has 3 aromatic rings. The fourth-order valence-electron chi connectivity index (χ4n) is 4.24. The first-order chi connectivity index (χ1) is 15.4. The molecule has 0 aliphatic carbocycles. The highest BCUT2D eigenvalue weighted by Gasteiger charge is 2.35. The fraction of sp³-hybridized carbons (Fsp3) is 0.280. The van der Waals surface area contributed by atoms with Gasteiger partial charge in [0.25, 0.3) is 0 Å². The second-order valence-electron chi connectivity index (χ2n) is 7.98. The minimum atomic E-state index is -4.41. The first-order valence-electron chi connectivity index (χ1n) is 10.5. The third-order valence-electron chi connectivity index (χ3n) is 5.81. The summed E-state index contributed by atoms with van der Waals surface area (Å²) in [6.07, 6.45) is 0.00962. The number of nitrogens with zero attached hydrogens (tertiary/aromatic N) is 4. The van der Waals surface area contributed by atoms with E-state index >= 15 is 0 Å². The first-order valence-corrected chi connectivity index (χ1v) is 10.5. The van der Waals surface area contributed by atoms with Crippen molar-refractivity contribution < 1.29 is 13.2 Å². The quantitative estimate of drug-likeness (QED) is 0.529. The van der Waals surface area contributed by atoms with Gasteiger partial charge in [-0.25, -0.2) is 0 Å². The largest absolute Gasteiger partial charge is 0.416 e. The summed E-state index contributed by atoms with van der Waals surface area (Å²) in [6, 6.07) is 18.9. The number of rotatable bonds is 6. The predicted molar refractivity (Wildman–Crippen MR) is 117 cm³/mol. The highest BCUT2D eigenvalue weighted by molar-refractivity contribution is 5.52. The van der Waals surface area contributed by atoms with Gasteiger partial charge in [-0.05, 0) is 53.9 Å². The number of pyridine rings is 1. The van der Waals surface area contributed by atoms with Crippen LogP contribution in [0.25, 0.3) is 0 Å². The van der Waals surface area contributed by atoms with Crippen LogP contribution >= 0.6 is 0 Å². The van der Waals surface area contributed by atoms with Gasteiger partial charge in [0.1, 0.15) is 0 Å². The lowest BCUT2D eigenvalue weighted by Gasteiger charge is -2.32. The second-order valence-corrected chi connectivity index (χ2v) is 7.98. The van der Waals surface area contributed by atoms with Crippen LogP contribution in [-0.4, -0.2) is 29.0 Å². The zero-order chi connectivity index (χ0) is 22.6. The van der Waals surface area contributed by atoms with E-state index in [1.165, 1.54) is 6.07 Å². The summed E-state index contributed by atoms with van der Waals surface area (Å²) in [5.74, 6) is 0. The van der Waals surface area contributed by atoms with Crippen molar-refractivity contribution in [3.05, 3.63) is 95.3 Å². The van der Waals surface area contributed by atoms with Gasteiger partial charge >= 0.3 is 6.18 Å². The minimum Gasteiger partial charge on any atom is -0.363 e. The van der Waals surface area contributed by atoms with Crippen LogP contribution in [0, 0.1) is 11.3 Å². The molecule has 0 radical (unpaired) electrons. The van der Waals surface area contributed by atoms with Crippen LogP contribution in [-0.2, 0) is 19.3 Å². The molecule has 1 aromatic heterocycles. The van der Waals surface area contributed by atoms with E-state index in [4.69, 9.17) is 5.26 Å². The van der Waals surface area contributed by atoms with Gasteiger partial charge in [0, 0.05) is 50.3 Å². The highest BCUT2D eigenvalue weighted by Crippen LogP contribution is 2.34. The molecule has 1 aliphatic rings. The average molecular weight is 436 g/mol. The molecule has 7 heteroatoms. The number of nitriles is 1. The molecule has 0 amide bonds. The standard InChI is InChI=1S/C25H23F3N4/c26-25(27,28)24-6-2-1-5-21(24)17-32(22-9-7-19(14-29)8-10-22)23-11-13-31(18-23)16-20-4-3-12-30-15-20/h1-10,12,15,23H,11,13,16-18H2. The molecule has 0 saturated carbocycles. The molecule has 1 unspecified atom stereocenters. The zero-order valence-corrected chi connectivity index (χ0v) is 17.5. The van der Waals surface area contributed by atoms with E-state index in [9.17, 15) is 13.2 Å². The van der Waals surface area contributed by atoms with E-state index < -0.39 is 11.7 Å². The summed E-state index contributed by atoms with van der Waals surface area (Å²) < 4.78 is 40.8. The summed E-state index contributed by atoms with van der Waals surface area (Å²) in [6.45, 7) is 2.49. The molecule has 1 fully saturated rings. The van der Waals surface area contributed by atoms with Gasteiger partial charge in [-0.3, -0.25) is 9.88 Å². The molecule has 0 bridgehead atoms. The number of benzene rings is 2. The first kappa shape index (κ1) is 21.8. The van der Waals surface area contributed by atoms with E-state index in [-0.39, 0.29) is 18.2 Å². The van der Waals surface area contributed by atoms with Crippen molar-refractivity contribution in [2.75, 3.05) is 18.0 Å². The zero-order valence-electron chi connectivity index (χ0n) is 17.5. The Morgan fingerprint density at radius 3 is 2.53 bits per heavy atom. The van der Waals surface area contributed by atoms with Gasteiger partial charge in [-0.2, -0.15) is 18.4 Å². The average Bonchev–Trinajstić information content (AvgIpc) is 3.26. The van der Waals surface area contributed by atoms with Gasteiger partial charge in [-0.1, -0.05) is 24.3 Å². The molecule has 4 nitrogen and oxygen atoms in total. The number of anilines is 1. The number of hydrogen-bond acceptors (Lipinski definition) is 4. The monoisotopic (exact) mass is 436 g/mol. The summed E-state index contributed by atoms with van der Waals surface area (Å²) in [5.41, 5.74) is 2.09. The minimum absolute atomic E-state index is 0.0564. The number of halogens is 3. The smallest absolute Gasteiger partial charge is 0.363 e. The maximum absolute atomic E-state index is 13.6. The molecular formula is C25H23F3N4. The molecule has 0 spiro atoms.